The van der Waals surface area contributed by atoms with Gasteiger partial charge in [0.05, 0.1) is 11.2 Å². The van der Waals surface area contributed by atoms with Crippen molar-refractivity contribution in [3.05, 3.63) is 90.5 Å². The van der Waals surface area contributed by atoms with Crippen molar-refractivity contribution in [2.45, 2.75) is 5.66 Å². The Morgan fingerprint density at radius 2 is 1.43 bits per heavy atom. The smallest absolute Gasteiger partial charge is 0.341 e. The first-order valence-corrected chi connectivity index (χ1v) is 8.14. The third-order valence-corrected chi connectivity index (χ3v) is 5.26. The van der Waals surface area contributed by atoms with Gasteiger partial charge < -0.3 is 4.52 Å². The van der Waals surface area contributed by atoms with Gasteiger partial charge in [0.2, 0.25) is 0 Å². The van der Waals surface area contributed by atoms with Crippen LogP contribution < -0.4 is 5.30 Å². The lowest BCUT2D eigenvalue weighted by atomic mass is 10.2. The van der Waals surface area contributed by atoms with E-state index in [0.29, 0.717) is 5.56 Å². The molecule has 2 aromatic carbocycles. The monoisotopic (exact) mass is 294 g/mol. The van der Waals surface area contributed by atoms with Crippen molar-refractivity contribution in [1.82, 2.24) is 0 Å². The number of benzene rings is 2. The van der Waals surface area contributed by atoms with E-state index in [0.717, 1.165) is 5.30 Å². The topological polar surface area (TPSA) is 26.3 Å². The number of hydrogen-bond donors (Lipinski definition) is 0. The molecular formula is C18H15O2P. The molecule has 0 amide bonds. The molecule has 1 unspecified atom stereocenters. The highest BCUT2D eigenvalue weighted by Crippen LogP contribution is 2.45. The Hall–Kier alpha value is -2.18. The average Bonchev–Trinajstić information content (AvgIpc) is 3.08. The lowest BCUT2D eigenvalue weighted by molar-refractivity contribution is 0.0756. The lowest BCUT2D eigenvalue weighted by Gasteiger charge is -2.21. The maximum absolute atomic E-state index is 12.3. The highest BCUT2D eigenvalue weighted by Gasteiger charge is 2.25. The van der Waals surface area contributed by atoms with Crippen LogP contribution in [0.3, 0.4) is 0 Å². The van der Waals surface area contributed by atoms with Gasteiger partial charge in [-0.2, -0.15) is 0 Å². The van der Waals surface area contributed by atoms with Gasteiger partial charge in [-0.1, -0.05) is 72.8 Å². The zero-order chi connectivity index (χ0) is 14.5. The van der Waals surface area contributed by atoms with Gasteiger partial charge in [-0.05, 0) is 12.1 Å². The number of allylic oxidation sites excluding steroid dienone is 4. The maximum Gasteiger partial charge on any atom is 0.341 e. The van der Waals surface area contributed by atoms with Crippen LogP contribution in [0.25, 0.3) is 0 Å². The summed E-state index contributed by atoms with van der Waals surface area (Å²) < 4.78 is 5.83. The third kappa shape index (κ3) is 3.29. The van der Waals surface area contributed by atoms with Crippen molar-refractivity contribution in [3.8, 4) is 0 Å². The van der Waals surface area contributed by atoms with E-state index < -0.39 is 8.15 Å². The van der Waals surface area contributed by atoms with Crippen molar-refractivity contribution in [1.29, 1.82) is 0 Å². The van der Waals surface area contributed by atoms with Gasteiger partial charge in [-0.15, -0.1) is 0 Å². The van der Waals surface area contributed by atoms with E-state index in [4.69, 9.17) is 4.52 Å². The highest BCUT2D eigenvalue weighted by atomic mass is 31.1. The van der Waals surface area contributed by atoms with Crippen molar-refractivity contribution in [3.63, 3.8) is 0 Å². The molecule has 1 aliphatic carbocycles. The molecule has 0 N–H and O–H groups in total. The average molecular weight is 294 g/mol. The summed E-state index contributed by atoms with van der Waals surface area (Å²) in [6.07, 6.45) is 8.16. The van der Waals surface area contributed by atoms with E-state index in [1.54, 1.807) is 12.1 Å². The van der Waals surface area contributed by atoms with Crippen LogP contribution in [-0.2, 0) is 4.52 Å². The summed E-state index contributed by atoms with van der Waals surface area (Å²) in [5, 5.41) is 1.07. The quantitative estimate of drug-likeness (QED) is 0.795. The van der Waals surface area contributed by atoms with Crippen molar-refractivity contribution < 1.29 is 9.32 Å². The predicted molar refractivity (Wildman–Crippen MR) is 86.9 cm³/mol. The molecule has 2 nitrogen and oxygen atoms in total. The number of carbonyl (C=O) groups excluding carboxylic acids is 1. The van der Waals surface area contributed by atoms with Crippen LogP contribution in [0.1, 0.15) is 10.4 Å². The maximum atomic E-state index is 12.3. The molecular weight excluding hydrogens is 279 g/mol. The van der Waals surface area contributed by atoms with Gasteiger partial charge >= 0.3 is 5.97 Å². The first-order valence-electron chi connectivity index (χ1n) is 6.81. The standard InChI is InChI=1S/C18H15O2P/c19-18(15-9-3-1-4-10-15)20-21(17-13-7-8-14-17)16-11-5-2-6-12-16/h1-14,17H. The zero-order valence-corrected chi connectivity index (χ0v) is 12.3. The molecule has 3 rings (SSSR count). The van der Waals surface area contributed by atoms with Gasteiger partial charge in [0.1, 0.15) is 8.15 Å². The van der Waals surface area contributed by atoms with Gasteiger partial charge in [-0.3, -0.25) is 0 Å². The van der Waals surface area contributed by atoms with Gasteiger partial charge in [0, 0.05) is 5.30 Å². The second kappa shape index (κ2) is 6.51. The Kier molecular flexibility index (Phi) is 4.28. The SMILES string of the molecule is O=C(OP(c1ccccc1)C1C=CC=C1)c1ccccc1. The molecule has 1 aliphatic rings. The molecule has 1 atom stereocenters. The molecule has 0 radical (unpaired) electrons. The summed E-state index contributed by atoms with van der Waals surface area (Å²) in [5.41, 5.74) is 0.738. The predicted octanol–water partition coefficient (Wildman–Crippen LogP) is 4.06. The molecule has 0 aromatic heterocycles. The molecule has 104 valence electrons. The molecule has 3 heteroatoms. The molecule has 21 heavy (non-hydrogen) atoms. The lowest BCUT2D eigenvalue weighted by Crippen LogP contribution is -2.14. The fourth-order valence-electron chi connectivity index (χ4n) is 2.15. The fraction of sp³-hybridized carbons (Fsp3) is 0.0556. The summed E-state index contributed by atoms with van der Waals surface area (Å²) in [6.45, 7) is 0. The minimum Gasteiger partial charge on any atom is -0.435 e. The normalized spacial score (nSPS) is 15.0. The molecule has 0 spiro atoms. The van der Waals surface area contributed by atoms with E-state index in [9.17, 15) is 4.79 Å². The van der Waals surface area contributed by atoms with Crippen LogP contribution >= 0.6 is 8.15 Å². The first kappa shape index (κ1) is 13.8. The van der Waals surface area contributed by atoms with E-state index in [1.165, 1.54) is 0 Å². The van der Waals surface area contributed by atoms with E-state index >= 15 is 0 Å². The molecule has 0 saturated carbocycles. The molecule has 0 bridgehead atoms. The highest BCUT2D eigenvalue weighted by molar-refractivity contribution is 7.62. The van der Waals surface area contributed by atoms with Gasteiger partial charge in [-0.25, -0.2) is 4.79 Å². The number of rotatable bonds is 4. The molecule has 0 fully saturated rings. The minimum atomic E-state index is -1.04. The van der Waals surface area contributed by atoms with Crippen LogP contribution in [0.2, 0.25) is 0 Å². The van der Waals surface area contributed by atoms with E-state index in [2.05, 4.69) is 12.2 Å². The van der Waals surface area contributed by atoms with E-state index in [1.807, 2.05) is 60.7 Å². The summed E-state index contributed by atoms with van der Waals surface area (Å²) in [5.74, 6) is -0.265. The number of hydrogen-bond acceptors (Lipinski definition) is 2. The molecule has 2 aromatic rings. The first-order chi connectivity index (χ1) is 10.3. The summed E-state index contributed by atoms with van der Waals surface area (Å²) in [6, 6.07) is 19.1. The van der Waals surface area contributed by atoms with Crippen molar-refractivity contribution in [2.24, 2.45) is 0 Å². The number of carbonyl (C=O) groups is 1. The Bertz CT molecular complexity index is 650. The summed E-state index contributed by atoms with van der Waals surface area (Å²) in [4.78, 5) is 12.3. The second-order valence-corrected chi connectivity index (χ2v) is 6.61. The Labute approximate surface area is 125 Å². The Balaban J connectivity index is 1.85. The second-order valence-electron chi connectivity index (χ2n) is 4.67. The third-order valence-electron chi connectivity index (χ3n) is 3.20. The van der Waals surface area contributed by atoms with Crippen LogP contribution in [0.4, 0.5) is 0 Å². The van der Waals surface area contributed by atoms with Crippen LogP contribution in [0.5, 0.6) is 0 Å². The summed E-state index contributed by atoms with van der Waals surface area (Å²) >= 11 is 0. The fourth-order valence-corrected chi connectivity index (χ4v) is 3.99. The van der Waals surface area contributed by atoms with Crippen LogP contribution in [0, 0.1) is 0 Å². The molecule has 0 heterocycles. The van der Waals surface area contributed by atoms with Gasteiger partial charge in [0.15, 0.2) is 0 Å². The largest absolute Gasteiger partial charge is 0.435 e. The van der Waals surface area contributed by atoms with Crippen LogP contribution in [0.15, 0.2) is 85.0 Å². The van der Waals surface area contributed by atoms with Crippen LogP contribution in [-0.4, -0.2) is 11.6 Å². The molecule has 0 aliphatic heterocycles. The summed E-state index contributed by atoms with van der Waals surface area (Å²) in [7, 11) is -1.04. The van der Waals surface area contributed by atoms with Crippen molar-refractivity contribution in [2.75, 3.05) is 0 Å². The Morgan fingerprint density at radius 1 is 0.857 bits per heavy atom. The molecule has 0 saturated heterocycles. The zero-order valence-electron chi connectivity index (χ0n) is 11.4. The Morgan fingerprint density at radius 3 is 2.05 bits per heavy atom. The van der Waals surface area contributed by atoms with E-state index in [-0.39, 0.29) is 11.6 Å². The van der Waals surface area contributed by atoms with Gasteiger partial charge in [0.25, 0.3) is 0 Å². The minimum absolute atomic E-state index is 0.148. The van der Waals surface area contributed by atoms with Crippen molar-refractivity contribution >= 4 is 19.4 Å².